The maximum atomic E-state index is 11.9. The maximum Gasteiger partial charge on any atom is 0.337 e. The summed E-state index contributed by atoms with van der Waals surface area (Å²) in [5.74, 6) is -0.310. The molecule has 0 spiro atoms. The van der Waals surface area contributed by atoms with E-state index in [1.54, 1.807) is 12.1 Å². The van der Waals surface area contributed by atoms with Crippen LogP contribution in [0.5, 0.6) is 0 Å². The first-order valence-electron chi connectivity index (χ1n) is 7.97. The number of Topliss-reactive ketones (excluding diaryl/α,β-unsaturated/α-hetero) is 1. The summed E-state index contributed by atoms with van der Waals surface area (Å²) in [6.07, 6.45) is 0. The highest BCUT2D eigenvalue weighted by Crippen LogP contribution is 2.26. The number of hydrogen-bond donors (Lipinski definition) is 1. The predicted octanol–water partition coefficient (Wildman–Crippen LogP) is 4.09. The van der Waals surface area contributed by atoms with E-state index in [0.29, 0.717) is 5.56 Å². The minimum atomic E-state index is -0.401. The molecule has 0 saturated heterocycles. The van der Waals surface area contributed by atoms with Gasteiger partial charge in [-0.1, -0.05) is 43.7 Å². The van der Waals surface area contributed by atoms with Crippen LogP contribution in [0.25, 0.3) is 11.1 Å². The molecule has 0 heterocycles. The Bertz CT molecular complexity index is 733. The normalized spacial score (nSPS) is 10.5. The van der Waals surface area contributed by atoms with Gasteiger partial charge in [-0.2, -0.15) is 0 Å². The van der Waals surface area contributed by atoms with Crippen LogP contribution >= 0.6 is 0 Å². The van der Waals surface area contributed by atoms with Crippen LogP contribution in [0.3, 0.4) is 0 Å². The van der Waals surface area contributed by atoms with Gasteiger partial charge in [-0.15, -0.1) is 0 Å². The lowest BCUT2D eigenvalue weighted by atomic mass is 10.0. The van der Waals surface area contributed by atoms with Gasteiger partial charge in [0, 0.05) is 11.6 Å². The summed E-state index contributed by atoms with van der Waals surface area (Å²) in [4.78, 5) is 23.8. The van der Waals surface area contributed by atoms with Crippen molar-refractivity contribution in [3.63, 3.8) is 0 Å². The fourth-order valence-corrected chi connectivity index (χ4v) is 2.27. The lowest BCUT2D eigenvalue weighted by molar-refractivity contribution is -0.120. The summed E-state index contributed by atoms with van der Waals surface area (Å²) in [6.45, 7) is 5.99. The molecule has 4 heteroatoms. The molecule has 0 aliphatic carbocycles. The largest absolute Gasteiger partial charge is 0.465 e. The summed E-state index contributed by atoms with van der Waals surface area (Å²) >= 11 is 0. The number of anilines is 1. The molecule has 0 fully saturated rings. The fourth-order valence-electron chi connectivity index (χ4n) is 2.27. The van der Waals surface area contributed by atoms with Crippen molar-refractivity contribution in [2.45, 2.75) is 20.8 Å². The minimum absolute atomic E-state index is 0.0298. The van der Waals surface area contributed by atoms with Gasteiger partial charge in [0.1, 0.15) is 0 Å². The zero-order valence-electron chi connectivity index (χ0n) is 14.6. The Kier molecular flexibility index (Phi) is 5.74. The number of nitrogens with one attached hydrogen (secondary N) is 1. The van der Waals surface area contributed by atoms with E-state index in [1.807, 2.05) is 51.1 Å². The van der Waals surface area contributed by atoms with Gasteiger partial charge in [0.05, 0.1) is 19.2 Å². The molecule has 126 valence electrons. The van der Waals surface area contributed by atoms with Crippen molar-refractivity contribution in [3.05, 3.63) is 53.6 Å². The molecule has 0 unspecified atom stereocenters. The Morgan fingerprint density at radius 2 is 1.71 bits per heavy atom. The molecule has 0 atom stereocenters. The summed E-state index contributed by atoms with van der Waals surface area (Å²) in [5, 5.41) is 3.11. The molecule has 2 aromatic rings. The van der Waals surface area contributed by atoms with Crippen LogP contribution in [-0.4, -0.2) is 25.4 Å². The Morgan fingerprint density at radius 3 is 2.29 bits per heavy atom. The summed E-state index contributed by atoms with van der Waals surface area (Å²) in [7, 11) is 1.36. The highest BCUT2D eigenvalue weighted by molar-refractivity contribution is 5.93. The highest BCUT2D eigenvalue weighted by Gasteiger charge is 2.12. The monoisotopic (exact) mass is 325 g/mol. The molecule has 2 rings (SSSR count). The molecule has 2 aromatic carbocycles. The third kappa shape index (κ3) is 4.44. The van der Waals surface area contributed by atoms with Gasteiger partial charge in [0.25, 0.3) is 0 Å². The second-order valence-corrected chi connectivity index (χ2v) is 6.13. The number of ether oxygens (including phenoxy) is 1. The molecule has 0 aliphatic heterocycles. The number of carbonyl (C=O) groups is 2. The van der Waals surface area contributed by atoms with Gasteiger partial charge in [-0.05, 0) is 36.2 Å². The average molecular weight is 325 g/mol. The van der Waals surface area contributed by atoms with Crippen LogP contribution in [0.1, 0.15) is 29.8 Å². The van der Waals surface area contributed by atoms with E-state index in [4.69, 9.17) is 4.74 Å². The van der Waals surface area contributed by atoms with E-state index in [2.05, 4.69) is 5.32 Å². The number of carbonyl (C=O) groups excluding carboxylic acids is 2. The van der Waals surface area contributed by atoms with Gasteiger partial charge in [-0.3, -0.25) is 4.79 Å². The lowest BCUT2D eigenvalue weighted by Crippen LogP contribution is -2.19. The van der Waals surface area contributed by atoms with Crippen molar-refractivity contribution < 1.29 is 14.3 Å². The number of ketones is 1. The molecule has 24 heavy (non-hydrogen) atoms. The van der Waals surface area contributed by atoms with Crippen molar-refractivity contribution in [1.29, 1.82) is 0 Å². The van der Waals surface area contributed by atoms with Crippen LogP contribution in [0.15, 0.2) is 42.5 Å². The second-order valence-electron chi connectivity index (χ2n) is 6.13. The van der Waals surface area contributed by atoms with Crippen molar-refractivity contribution in [3.8, 4) is 11.1 Å². The standard InChI is InChI=1S/C20H23NO3/c1-13(2)19(22)12-21-18-10-16(9-17(11-18)20(23)24-4)15-7-5-14(3)6-8-15/h5-11,13,21H,12H2,1-4H3. The van der Waals surface area contributed by atoms with E-state index in [1.165, 1.54) is 12.7 Å². The first kappa shape index (κ1) is 17.7. The first-order valence-corrected chi connectivity index (χ1v) is 7.97. The Balaban J connectivity index is 2.36. The number of hydrogen-bond acceptors (Lipinski definition) is 4. The van der Waals surface area contributed by atoms with E-state index < -0.39 is 5.97 Å². The number of methoxy groups -OCH3 is 1. The first-order chi connectivity index (χ1) is 11.4. The highest BCUT2D eigenvalue weighted by atomic mass is 16.5. The molecular formula is C20H23NO3. The van der Waals surface area contributed by atoms with Crippen LogP contribution in [0.2, 0.25) is 0 Å². The van der Waals surface area contributed by atoms with Crippen LogP contribution < -0.4 is 5.32 Å². The zero-order valence-corrected chi connectivity index (χ0v) is 14.6. The van der Waals surface area contributed by atoms with E-state index in [9.17, 15) is 9.59 Å². The topological polar surface area (TPSA) is 55.4 Å². The fraction of sp³-hybridized carbons (Fsp3) is 0.300. The van der Waals surface area contributed by atoms with E-state index in [-0.39, 0.29) is 18.2 Å². The molecule has 0 aliphatic rings. The van der Waals surface area contributed by atoms with Crippen LogP contribution in [-0.2, 0) is 9.53 Å². The Labute approximate surface area is 142 Å². The van der Waals surface area contributed by atoms with Crippen molar-refractivity contribution >= 4 is 17.4 Å². The van der Waals surface area contributed by atoms with Gasteiger partial charge < -0.3 is 10.1 Å². The zero-order chi connectivity index (χ0) is 17.7. The predicted molar refractivity (Wildman–Crippen MR) is 96.3 cm³/mol. The van der Waals surface area contributed by atoms with E-state index in [0.717, 1.165) is 16.8 Å². The Hall–Kier alpha value is -2.62. The summed E-state index contributed by atoms with van der Waals surface area (Å²) in [5.41, 5.74) is 4.25. The molecule has 0 radical (unpaired) electrons. The molecule has 0 saturated carbocycles. The number of aryl methyl sites for hydroxylation is 1. The summed E-state index contributed by atoms with van der Waals surface area (Å²) < 4.78 is 4.83. The van der Waals surface area contributed by atoms with Crippen molar-refractivity contribution in [2.24, 2.45) is 5.92 Å². The maximum absolute atomic E-state index is 11.9. The molecular weight excluding hydrogens is 302 g/mol. The molecule has 0 amide bonds. The SMILES string of the molecule is COC(=O)c1cc(NCC(=O)C(C)C)cc(-c2ccc(C)cc2)c1. The minimum Gasteiger partial charge on any atom is -0.465 e. The van der Waals surface area contributed by atoms with Crippen molar-refractivity contribution in [2.75, 3.05) is 19.0 Å². The van der Waals surface area contributed by atoms with Crippen LogP contribution in [0, 0.1) is 12.8 Å². The second kappa shape index (κ2) is 7.77. The number of benzene rings is 2. The number of rotatable bonds is 6. The molecule has 0 bridgehead atoms. The molecule has 0 aromatic heterocycles. The van der Waals surface area contributed by atoms with Crippen molar-refractivity contribution in [1.82, 2.24) is 0 Å². The smallest absolute Gasteiger partial charge is 0.337 e. The van der Waals surface area contributed by atoms with Crippen LogP contribution in [0.4, 0.5) is 5.69 Å². The van der Waals surface area contributed by atoms with Gasteiger partial charge in [0.2, 0.25) is 0 Å². The van der Waals surface area contributed by atoms with Gasteiger partial charge in [-0.25, -0.2) is 4.79 Å². The average Bonchev–Trinajstić information content (AvgIpc) is 2.59. The van der Waals surface area contributed by atoms with E-state index >= 15 is 0 Å². The lowest BCUT2D eigenvalue weighted by Gasteiger charge is -2.12. The molecule has 4 nitrogen and oxygen atoms in total. The van der Waals surface area contributed by atoms with Gasteiger partial charge in [0.15, 0.2) is 5.78 Å². The summed E-state index contributed by atoms with van der Waals surface area (Å²) in [6, 6.07) is 13.5. The number of esters is 1. The van der Waals surface area contributed by atoms with Gasteiger partial charge >= 0.3 is 5.97 Å². The third-order valence-corrected chi connectivity index (χ3v) is 3.85. The Morgan fingerprint density at radius 1 is 1.04 bits per heavy atom. The molecule has 1 N–H and O–H groups in total. The quantitative estimate of drug-likeness (QED) is 0.813. The third-order valence-electron chi connectivity index (χ3n) is 3.85.